The molecule has 0 bridgehead atoms. The van der Waals surface area contributed by atoms with Crippen molar-refractivity contribution in [1.29, 1.82) is 0 Å². The van der Waals surface area contributed by atoms with Crippen molar-refractivity contribution in [3.05, 3.63) is 24.3 Å². The average molecular weight is 378 g/mol. The molecular weight excluding hydrogens is 348 g/mol. The Kier molecular flexibility index (Phi) is 11.0. The first-order valence-electron chi connectivity index (χ1n) is 9.78. The van der Waals surface area contributed by atoms with E-state index >= 15 is 0 Å². The highest BCUT2D eigenvalue weighted by atomic mass is 16.6. The van der Waals surface area contributed by atoms with Crippen LogP contribution in [0.5, 0.6) is 0 Å². The molecule has 0 saturated carbocycles. The normalized spacial score (nSPS) is 19.3. The molecule has 1 atom stereocenters. The van der Waals surface area contributed by atoms with Gasteiger partial charge in [-0.3, -0.25) is 14.4 Å². The molecule has 0 N–H and O–H groups in total. The van der Waals surface area contributed by atoms with Crippen LogP contribution in [0.1, 0.15) is 77.6 Å². The van der Waals surface area contributed by atoms with E-state index in [1.807, 2.05) is 12.2 Å². The van der Waals surface area contributed by atoms with Crippen LogP contribution in [-0.2, 0) is 28.7 Å². The summed E-state index contributed by atoms with van der Waals surface area (Å²) in [5.74, 6) is -2.21. The van der Waals surface area contributed by atoms with Crippen LogP contribution in [0, 0.1) is 5.92 Å². The van der Waals surface area contributed by atoms with Gasteiger partial charge in [-0.05, 0) is 12.8 Å². The third kappa shape index (κ3) is 9.87. The van der Waals surface area contributed by atoms with Crippen molar-refractivity contribution in [3.8, 4) is 0 Å². The second-order valence-electron chi connectivity index (χ2n) is 6.84. The summed E-state index contributed by atoms with van der Waals surface area (Å²) in [6, 6.07) is 0. The highest BCUT2D eigenvalue weighted by Crippen LogP contribution is 2.18. The molecule has 0 aliphatic carbocycles. The van der Waals surface area contributed by atoms with Gasteiger partial charge in [0, 0.05) is 5.57 Å². The number of unbranched alkanes of at least 4 members (excludes halogenated alkanes) is 8. The summed E-state index contributed by atoms with van der Waals surface area (Å²) in [7, 11) is 0. The number of hydrogen-bond donors (Lipinski definition) is 0. The van der Waals surface area contributed by atoms with E-state index in [2.05, 4.69) is 23.0 Å². The minimum atomic E-state index is -0.588. The zero-order chi connectivity index (χ0) is 20.1. The monoisotopic (exact) mass is 378 g/mol. The molecule has 27 heavy (non-hydrogen) atoms. The molecule has 2 heterocycles. The molecule has 0 aromatic heterocycles. The minimum Gasteiger partial charge on any atom is -0.393 e. The average Bonchev–Trinajstić information content (AvgIpc) is 3.09. The first kappa shape index (κ1) is 22.8. The standard InChI is InChI=1S/C16H26O3.C5H4O3/c1-2-3-4-5-6-7-8-9-10-11-12-14-13-15(17)19-16(14)18;1-3-2-4(6)8-5(3)7/h11-12,14H,2-10,13H2,1H3;1-2H2. The number of allylic oxidation sites excluding steroid dienone is 1. The minimum absolute atomic E-state index is 0.0544. The molecule has 0 aromatic rings. The molecule has 0 amide bonds. The maximum Gasteiger partial charge on any atom is 0.341 e. The fourth-order valence-electron chi connectivity index (χ4n) is 2.75. The molecule has 0 spiro atoms. The van der Waals surface area contributed by atoms with Crippen LogP contribution in [0.15, 0.2) is 24.3 Å². The Morgan fingerprint density at radius 2 is 1.56 bits per heavy atom. The summed E-state index contributed by atoms with van der Waals surface area (Å²) in [5, 5.41) is 0. The SMILES string of the molecule is C=C1CC(=O)OC1=O.CCCCCCCCCCC=CC1CC(=O)OC1=O. The number of esters is 4. The number of carbonyl (C=O) groups is 4. The van der Waals surface area contributed by atoms with Crippen LogP contribution in [0.2, 0.25) is 0 Å². The predicted molar refractivity (Wildman–Crippen MR) is 100 cm³/mol. The Bertz CT molecular complexity index is 557. The van der Waals surface area contributed by atoms with Gasteiger partial charge in [-0.25, -0.2) is 4.79 Å². The lowest BCUT2D eigenvalue weighted by molar-refractivity contribution is -0.153. The van der Waals surface area contributed by atoms with E-state index in [0.29, 0.717) is 0 Å². The van der Waals surface area contributed by atoms with Gasteiger partial charge in [-0.1, -0.05) is 70.6 Å². The van der Waals surface area contributed by atoms with Crippen molar-refractivity contribution >= 4 is 23.9 Å². The van der Waals surface area contributed by atoms with Crippen LogP contribution >= 0.6 is 0 Å². The second kappa shape index (κ2) is 13.0. The van der Waals surface area contributed by atoms with Gasteiger partial charge in [0.15, 0.2) is 0 Å². The van der Waals surface area contributed by atoms with Crippen LogP contribution in [-0.4, -0.2) is 23.9 Å². The zero-order valence-corrected chi connectivity index (χ0v) is 16.2. The maximum absolute atomic E-state index is 11.2. The molecule has 2 rings (SSSR count). The molecule has 2 aliphatic heterocycles. The van der Waals surface area contributed by atoms with E-state index in [0.717, 1.165) is 6.42 Å². The number of hydrogen-bond acceptors (Lipinski definition) is 6. The lowest BCUT2D eigenvalue weighted by Crippen LogP contribution is -2.03. The van der Waals surface area contributed by atoms with Gasteiger partial charge < -0.3 is 9.47 Å². The van der Waals surface area contributed by atoms with E-state index in [9.17, 15) is 19.2 Å². The highest BCUT2D eigenvalue weighted by molar-refractivity contribution is 6.05. The molecule has 6 heteroatoms. The van der Waals surface area contributed by atoms with E-state index in [1.165, 1.54) is 51.4 Å². The molecule has 1 unspecified atom stereocenters. The summed E-state index contributed by atoms with van der Waals surface area (Å²) in [4.78, 5) is 42.5. The van der Waals surface area contributed by atoms with E-state index in [1.54, 1.807) is 0 Å². The predicted octanol–water partition coefficient (Wildman–Crippen LogP) is 4.18. The quantitative estimate of drug-likeness (QED) is 0.186. The number of rotatable bonds is 10. The lowest BCUT2D eigenvalue weighted by Gasteiger charge is -2.00. The first-order valence-corrected chi connectivity index (χ1v) is 9.78. The number of cyclic esters (lactones) is 4. The Morgan fingerprint density at radius 1 is 0.926 bits per heavy atom. The van der Waals surface area contributed by atoms with Crippen LogP contribution in [0.25, 0.3) is 0 Å². The summed E-state index contributed by atoms with van der Waals surface area (Å²) < 4.78 is 8.58. The summed E-state index contributed by atoms with van der Waals surface area (Å²) in [5.41, 5.74) is 0.245. The first-order chi connectivity index (χ1) is 12.9. The molecule has 2 fully saturated rings. The van der Waals surface area contributed by atoms with Crippen molar-refractivity contribution in [2.75, 3.05) is 0 Å². The van der Waals surface area contributed by atoms with Crippen molar-refractivity contribution in [3.63, 3.8) is 0 Å². The Morgan fingerprint density at radius 3 is 2.00 bits per heavy atom. The number of ether oxygens (including phenoxy) is 2. The lowest BCUT2D eigenvalue weighted by atomic mass is 10.0. The van der Waals surface area contributed by atoms with Crippen molar-refractivity contribution in [2.45, 2.75) is 77.6 Å². The van der Waals surface area contributed by atoms with Crippen LogP contribution in [0.3, 0.4) is 0 Å². The van der Waals surface area contributed by atoms with Crippen LogP contribution in [0.4, 0.5) is 0 Å². The zero-order valence-electron chi connectivity index (χ0n) is 16.2. The Labute approximate surface area is 161 Å². The van der Waals surface area contributed by atoms with Gasteiger partial charge >= 0.3 is 23.9 Å². The van der Waals surface area contributed by atoms with Gasteiger partial charge in [-0.15, -0.1) is 0 Å². The largest absolute Gasteiger partial charge is 0.393 e. The molecule has 6 nitrogen and oxygen atoms in total. The smallest absolute Gasteiger partial charge is 0.341 e. The number of carbonyl (C=O) groups excluding carboxylic acids is 4. The third-order valence-electron chi connectivity index (χ3n) is 4.35. The van der Waals surface area contributed by atoms with Gasteiger partial charge in [0.25, 0.3) is 0 Å². The molecule has 150 valence electrons. The van der Waals surface area contributed by atoms with E-state index in [4.69, 9.17) is 0 Å². The van der Waals surface area contributed by atoms with Gasteiger partial charge in [-0.2, -0.15) is 0 Å². The van der Waals surface area contributed by atoms with Gasteiger partial charge in [0.05, 0.1) is 18.8 Å². The molecule has 0 aromatic carbocycles. The molecular formula is C21H30O6. The Hall–Kier alpha value is -2.24. The third-order valence-corrected chi connectivity index (χ3v) is 4.35. The van der Waals surface area contributed by atoms with Crippen LogP contribution < -0.4 is 0 Å². The topological polar surface area (TPSA) is 86.7 Å². The van der Waals surface area contributed by atoms with Crippen molar-refractivity contribution in [2.24, 2.45) is 5.92 Å². The molecule has 2 saturated heterocycles. The highest BCUT2D eigenvalue weighted by Gasteiger charge is 2.30. The molecule has 2 aliphatic rings. The van der Waals surface area contributed by atoms with Crippen molar-refractivity contribution in [1.82, 2.24) is 0 Å². The Balaban J connectivity index is 0.000000377. The fourth-order valence-corrected chi connectivity index (χ4v) is 2.75. The van der Waals surface area contributed by atoms with E-state index in [-0.39, 0.29) is 24.3 Å². The fraction of sp³-hybridized carbons (Fsp3) is 0.619. The summed E-state index contributed by atoms with van der Waals surface area (Å²) >= 11 is 0. The second-order valence-corrected chi connectivity index (χ2v) is 6.84. The van der Waals surface area contributed by atoms with E-state index < -0.39 is 23.9 Å². The molecule has 0 radical (unpaired) electrons. The maximum atomic E-state index is 11.2. The summed E-state index contributed by atoms with van der Waals surface area (Å²) in [6.07, 6.45) is 15.6. The van der Waals surface area contributed by atoms with Crippen molar-refractivity contribution < 1.29 is 28.7 Å². The summed E-state index contributed by atoms with van der Waals surface area (Å²) in [6.45, 7) is 5.53. The van der Waals surface area contributed by atoms with Gasteiger partial charge in [0.2, 0.25) is 0 Å². The van der Waals surface area contributed by atoms with Gasteiger partial charge in [0.1, 0.15) is 0 Å².